The molecule has 1 N–H and O–H groups in total. The lowest BCUT2D eigenvalue weighted by Crippen LogP contribution is -2.47. The summed E-state index contributed by atoms with van der Waals surface area (Å²) in [5, 5.41) is 11.4. The van der Waals surface area contributed by atoms with Crippen LogP contribution in [0.4, 0.5) is 10.1 Å². The van der Waals surface area contributed by atoms with Crippen molar-refractivity contribution in [1.29, 1.82) is 0 Å². The Morgan fingerprint density at radius 1 is 1.07 bits per heavy atom. The molecule has 5 rings (SSSR count). The number of aromatic nitrogens is 3. The maximum absolute atomic E-state index is 14.9. The Balaban J connectivity index is 1.65. The van der Waals surface area contributed by atoms with Crippen molar-refractivity contribution in [2.45, 2.75) is 51.2 Å². The van der Waals surface area contributed by atoms with Gasteiger partial charge >= 0.3 is 0 Å². The second kappa shape index (κ2) is 11.7. The third kappa shape index (κ3) is 5.34. The lowest BCUT2D eigenvalue weighted by molar-refractivity contribution is -0.127. The van der Waals surface area contributed by atoms with Gasteiger partial charge in [0.05, 0.1) is 19.7 Å². The number of carbonyl (C=O) groups is 2. The predicted molar refractivity (Wildman–Crippen MR) is 149 cm³/mol. The lowest BCUT2D eigenvalue weighted by atomic mass is 10.00. The van der Waals surface area contributed by atoms with Gasteiger partial charge in [-0.2, -0.15) is 0 Å². The van der Waals surface area contributed by atoms with Gasteiger partial charge in [-0.05, 0) is 55.7 Å². The van der Waals surface area contributed by atoms with Gasteiger partial charge in [0.2, 0.25) is 11.8 Å². The largest absolute Gasteiger partial charge is 0.493 e. The number of ether oxygens (including phenoxy) is 2. The Labute approximate surface area is 231 Å². The number of hydrogen-bond acceptors (Lipinski definition) is 6. The molecule has 0 radical (unpaired) electrons. The van der Waals surface area contributed by atoms with Gasteiger partial charge in [-0.25, -0.2) is 9.07 Å². The molecule has 9 nitrogen and oxygen atoms in total. The van der Waals surface area contributed by atoms with Crippen molar-refractivity contribution >= 4 is 28.5 Å². The first-order chi connectivity index (χ1) is 19.4. The molecule has 1 saturated carbocycles. The quantitative estimate of drug-likeness (QED) is 0.327. The standard InChI is InChI=1S/C30H32FN5O4/c1-19-15-16-21(17-23(19)31)36(27(37)18-35-25-13-7-6-12-24(25)33-34-35)28(30(38)32-20-9-4-5-10-20)22-11-8-14-26(39-2)29(22)40-3/h6-8,11-17,20,28H,4-5,9-10,18H2,1-3H3,(H,32,38)/t28-/m1/s1. The van der Waals surface area contributed by atoms with Crippen LogP contribution in [0.3, 0.4) is 0 Å². The fourth-order valence-corrected chi connectivity index (χ4v) is 5.28. The highest BCUT2D eigenvalue weighted by molar-refractivity contribution is 6.02. The number of benzene rings is 3. The number of amides is 2. The van der Waals surface area contributed by atoms with Crippen LogP contribution < -0.4 is 19.7 Å². The third-order valence-corrected chi connectivity index (χ3v) is 7.34. The number of rotatable bonds is 9. The summed E-state index contributed by atoms with van der Waals surface area (Å²) in [7, 11) is 2.98. The number of halogens is 1. The van der Waals surface area contributed by atoms with Crippen LogP contribution in [0.2, 0.25) is 0 Å². The van der Waals surface area contributed by atoms with Crippen LogP contribution in [0, 0.1) is 12.7 Å². The monoisotopic (exact) mass is 545 g/mol. The van der Waals surface area contributed by atoms with Crippen LogP contribution in [-0.4, -0.2) is 47.1 Å². The van der Waals surface area contributed by atoms with Crippen LogP contribution in [-0.2, 0) is 16.1 Å². The van der Waals surface area contributed by atoms with E-state index in [2.05, 4.69) is 15.6 Å². The van der Waals surface area contributed by atoms with E-state index in [1.54, 1.807) is 43.3 Å². The molecule has 1 atom stereocenters. The predicted octanol–water partition coefficient (Wildman–Crippen LogP) is 4.73. The van der Waals surface area contributed by atoms with Gasteiger partial charge in [0, 0.05) is 17.3 Å². The molecule has 0 aliphatic heterocycles. The van der Waals surface area contributed by atoms with Crippen molar-refractivity contribution < 1.29 is 23.5 Å². The molecule has 208 valence electrons. The minimum atomic E-state index is -1.19. The highest BCUT2D eigenvalue weighted by Gasteiger charge is 2.37. The summed E-state index contributed by atoms with van der Waals surface area (Å²) < 4.78 is 27.6. The fourth-order valence-electron chi connectivity index (χ4n) is 5.28. The van der Waals surface area contributed by atoms with Crippen LogP contribution >= 0.6 is 0 Å². The zero-order valence-electron chi connectivity index (χ0n) is 22.8. The van der Waals surface area contributed by atoms with Crippen molar-refractivity contribution in [3.63, 3.8) is 0 Å². The van der Waals surface area contributed by atoms with Crippen LogP contribution in [0.25, 0.3) is 11.0 Å². The second-order valence-corrected chi connectivity index (χ2v) is 9.91. The van der Waals surface area contributed by atoms with E-state index in [0.29, 0.717) is 33.7 Å². The van der Waals surface area contributed by atoms with Gasteiger partial charge < -0.3 is 14.8 Å². The Morgan fingerprint density at radius 3 is 2.58 bits per heavy atom. The van der Waals surface area contributed by atoms with E-state index < -0.39 is 23.7 Å². The van der Waals surface area contributed by atoms with Crippen molar-refractivity contribution in [2.75, 3.05) is 19.1 Å². The Hall–Kier alpha value is -4.47. The summed E-state index contributed by atoms with van der Waals surface area (Å²) in [6, 6.07) is 15.7. The molecule has 0 bridgehead atoms. The van der Waals surface area contributed by atoms with Crippen molar-refractivity contribution in [1.82, 2.24) is 20.3 Å². The lowest BCUT2D eigenvalue weighted by Gasteiger charge is -2.33. The molecular weight excluding hydrogens is 513 g/mol. The molecule has 4 aromatic rings. The number of hydrogen-bond donors (Lipinski definition) is 1. The number of methoxy groups -OCH3 is 2. The number of carbonyl (C=O) groups excluding carboxylic acids is 2. The number of nitrogens with one attached hydrogen (secondary N) is 1. The molecule has 0 unspecified atom stereocenters. The maximum atomic E-state index is 14.9. The molecule has 0 saturated heterocycles. The first-order valence-electron chi connectivity index (χ1n) is 13.3. The molecule has 40 heavy (non-hydrogen) atoms. The Kier molecular flexibility index (Phi) is 7.95. The number of fused-ring (bicyclic) bond motifs is 1. The number of para-hydroxylation sites is 2. The fraction of sp³-hybridized carbons (Fsp3) is 0.333. The SMILES string of the molecule is COc1cccc([C@H](C(=O)NC2CCCC2)N(C(=O)Cn2nnc3ccccc32)c2ccc(C)c(F)c2)c1OC. The highest BCUT2D eigenvalue weighted by Crippen LogP contribution is 2.39. The van der Waals surface area contributed by atoms with E-state index in [4.69, 9.17) is 9.47 Å². The van der Waals surface area contributed by atoms with E-state index in [1.807, 2.05) is 18.2 Å². The first kappa shape index (κ1) is 27.1. The molecule has 10 heteroatoms. The average Bonchev–Trinajstić information content (AvgIpc) is 3.62. The summed E-state index contributed by atoms with van der Waals surface area (Å²) >= 11 is 0. The van der Waals surface area contributed by atoms with Gasteiger partial charge in [0.15, 0.2) is 11.5 Å². The van der Waals surface area contributed by atoms with E-state index in [-0.39, 0.29) is 18.3 Å². The Bertz CT molecular complexity index is 1530. The highest BCUT2D eigenvalue weighted by atomic mass is 19.1. The van der Waals surface area contributed by atoms with Gasteiger partial charge in [-0.1, -0.05) is 48.4 Å². The van der Waals surface area contributed by atoms with E-state index in [1.165, 1.54) is 29.9 Å². The summed E-state index contributed by atoms with van der Waals surface area (Å²) in [4.78, 5) is 29.7. The number of anilines is 1. The van der Waals surface area contributed by atoms with Gasteiger partial charge in [0.1, 0.15) is 23.9 Å². The topological polar surface area (TPSA) is 98.6 Å². The molecule has 1 fully saturated rings. The zero-order chi connectivity index (χ0) is 28.2. The van der Waals surface area contributed by atoms with E-state index in [0.717, 1.165) is 25.7 Å². The second-order valence-electron chi connectivity index (χ2n) is 9.91. The molecule has 3 aromatic carbocycles. The van der Waals surface area contributed by atoms with Crippen LogP contribution in [0.5, 0.6) is 11.5 Å². The van der Waals surface area contributed by atoms with E-state index in [9.17, 15) is 14.0 Å². The molecule has 1 aliphatic carbocycles. The normalized spacial score (nSPS) is 14.2. The smallest absolute Gasteiger partial charge is 0.249 e. The summed E-state index contributed by atoms with van der Waals surface area (Å²) in [6.45, 7) is 1.41. The van der Waals surface area contributed by atoms with Crippen molar-refractivity contribution in [3.8, 4) is 11.5 Å². The molecular formula is C30H32FN5O4. The molecule has 2 amide bonds. The van der Waals surface area contributed by atoms with Gasteiger partial charge in [-0.15, -0.1) is 5.10 Å². The van der Waals surface area contributed by atoms with Crippen molar-refractivity contribution in [2.24, 2.45) is 0 Å². The average molecular weight is 546 g/mol. The van der Waals surface area contributed by atoms with Gasteiger partial charge in [0.25, 0.3) is 0 Å². The van der Waals surface area contributed by atoms with E-state index >= 15 is 0 Å². The van der Waals surface area contributed by atoms with Crippen molar-refractivity contribution in [3.05, 3.63) is 77.6 Å². The molecule has 1 aliphatic rings. The summed E-state index contributed by atoms with van der Waals surface area (Å²) in [5.74, 6) is -0.641. The number of aryl methyl sites for hydroxylation is 1. The summed E-state index contributed by atoms with van der Waals surface area (Å²) in [6.07, 6.45) is 3.74. The molecule has 1 heterocycles. The maximum Gasteiger partial charge on any atom is 0.249 e. The minimum Gasteiger partial charge on any atom is -0.493 e. The third-order valence-electron chi connectivity index (χ3n) is 7.34. The molecule has 0 spiro atoms. The van der Waals surface area contributed by atoms with Gasteiger partial charge in [-0.3, -0.25) is 14.5 Å². The molecule has 1 aromatic heterocycles. The zero-order valence-corrected chi connectivity index (χ0v) is 22.8. The minimum absolute atomic E-state index is 0.0161. The Morgan fingerprint density at radius 2 is 1.85 bits per heavy atom. The first-order valence-corrected chi connectivity index (χ1v) is 13.3. The van der Waals surface area contributed by atoms with Crippen LogP contribution in [0.1, 0.15) is 42.9 Å². The van der Waals surface area contributed by atoms with Crippen LogP contribution in [0.15, 0.2) is 60.7 Å². The number of nitrogens with zero attached hydrogens (tertiary/aromatic N) is 4. The summed E-state index contributed by atoms with van der Waals surface area (Å²) in [5.41, 5.74) is 2.36.